The molecule has 1 spiro atoms. The molecule has 0 aliphatic carbocycles. The summed E-state index contributed by atoms with van der Waals surface area (Å²) >= 11 is 0. The molecule has 25 heavy (non-hydrogen) atoms. The van der Waals surface area contributed by atoms with Crippen molar-refractivity contribution in [1.29, 1.82) is 0 Å². The number of nitrogens with zero attached hydrogens (tertiary/aromatic N) is 2. The zero-order chi connectivity index (χ0) is 17.4. The van der Waals surface area contributed by atoms with Gasteiger partial charge in [0, 0.05) is 24.9 Å². The standard InChI is InChI=1S/C20H28N2O3/c1-21(2)10-16-17-11-22(14-20(17)9-8-18(16)25-20)19(23)13-24-12-15-6-4-3-5-7-15/h3-7,16-18H,8-14H2,1-2H3/t16-,17+,18+,20+/m0/s1. The van der Waals surface area contributed by atoms with E-state index in [0.29, 0.717) is 24.5 Å². The van der Waals surface area contributed by atoms with Crippen molar-refractivity contribution in [3.8, 4) is 0 Å². The first kappa shape index (κ1) is 17.0. The lowest BCUT2D eigenvalue weighted by Crippen LogP contribution is -2.40. The SMILES string of the molecule is CN(C)C[C@H]1[C@H]2CN(C(=O)COCc3ccccc3)C[C@]23CC[C@H]1O3. The van der Waals surface area contributed by atoms with Crippen LogP contribution >= 0.6 is 0 Å². The highest BCUT2D eigenvalue weighted by molar-refractivity contribution is 5.78. The number of benzene rings is 1. The van der Waals surface area contributed by atoms with Crippen LogP contribution in [0.25, 0.3) is 0 Å². The fraction of sp³-hybridized carbons (Fsp3) is 0.650. The van der Waals surface area contributed by atoms with Crippen LogP contribution < -0.4 is 0 Å². The number of amides is 1. The second kappa shape index (κ2) is 6.71. The first-order valence-electron chi connectivity index (χ1n) is 9.29. The Balaban J connectivity index is 1.33. The lowest BCUT2D eigenvalue weighted by atomic mass is 9.73. The monoisotopic (exact) mass is 344 g/mol. The molecule has 3 aliphatic heterocycles. The van der Waals surface area contributed by atoms with Gasteiger partial charge in [-0.25, -0.2) is 0 Å². The summed E-state index contributed by atoms with van der Waals surface area (Å²) in [6.45, 7) is 3.24. The Morgan fingerprint density at radius 1 is 1.36 bits per heavy atom. The number of rotatable bonds is 6. The molecule has 0 saturated carbocycles. The lowest BCUT2D eigenvalue weighted by molar-refractivity contribution is -0.137. The molecule has 3 saturated heterocycles. The zero-order valence-corrected chi connectivity index (χ0v) is 15.2. The lowest BCUT2D eigenvalue weighted by Gasteiger charge is -2.30. The van der Waals surface area contributed by atoms with E-state index in [1.165, 1.54) is 0 Å². The van der Waals surface area contributed by atoms with E-state index < -0.39 is 0 Å². The number of fused-ring (bicyclic) bond motifs is 1. The third-order valence-corrected chi connectivity index (χ3v) is 6.05. The highest BCUT2D eigenvalue weighted by atomic mass is 16.5. The molecule has 5 nitrogen and oxygen atoms in total. The predicted octanol–water partition coefficient (Wildman–Crippen LogP) is 1.77. The number of carbonyl (C=O) groups excluding carboxylic acids is 1. The molecular weight excluding hydrogens is 316 g/mol. The van der Waals surface area contributed by atoms with Gasteiger partial charge in [0.1, 0.15) is 6.61 Å². The van der Waals surface area contributed by atoms with Crippen LogP contribution in [0.1, 0.15) is 18.4 Å². The summed E-state index contributed by atoms with van der Waals surface area (Å²) in [6, 6.07) is 9.99. The molecule has 2 bridgehead atoms. The van der Waals surface area contributed by atoms with Crippen molar-refractivity contribution < 1.29 is 14.3 Å². The Bertz CT molecular complexity index is 621. The smallest absolute Gasteiger partial charge is 0.248 e. The van der Waals surface area contributed by atoms with Gasteiger partial charge in [-0.3, -0.25) is 4.79 Å². The largest absolute Gasteiger partial charge is 0.369 e. The Morgan fingerprint density at radius 2 is 2.16 bits per heavy atom. The van der Waals surface area contributed by atoms with Gasteiger partial charge < -0.3 is 19.3 Å². The Hall–Kier alpha value is -1.43. The van der Waals surface area contributed by atoms with E-state index in [9.17, 15) is 4.79 Å². The van der Waals surface area contributed by atoms with Crippen LogP contribution in [0, 0.1) is 11.8 Å². The predicted molar refractivity (Wildman–Crippen MR) is 95.1 cm³/mol. The fourth-order valence-corrected chi connectivity index (χ4v) is 4.97. The first-order valence-corrected chi connectivity index (χ1v) is 9.29. The second-order valence-electron chi connectivity index (χ2n) is 8.05. The van der Waals surface area contributed by atoms with Crippen LogP contribution in [0.3, 0.4) is 0 Å². The molecule has 1 amide bonds. The van der Waals surface area contributed by atoms with E-state index in [2.05, 4.69) is 19.0 Å². The van der Waals surface area contributed by atoms with E-state index in [1.54, 1.807) is 0 Å². The number of hydrogen-bond donors (Lipinski definition) is 0. The van der Waals surface area contributed by atoms with Gasteiger partial charge in [-0.2, -0.15) is 0 Å². The molecule has 3 aliphatic rings. The normalized spacial score (nSPS) is 33.2. The first-order chi connectivity index (χ1) is 12.1. The topological polar surface area (TPSA) is 42.0 Å². The molecule has 1 aromatic rings. The minimum Gasteiger partial charge on any atom is -0.369 e. The highest BCUT2D eigenvalue weighted by Crippen LogP contribution is 2.54. The third kappa shape index (κ3) is 3.21. The van der Waals surface area contributed by atoms with Crippen molar-refractivity contribution in [3.63, 3.8) is 0 Å². The van der Waals surface area contributed by atoms with Gasteiger partial charge in [0.15, 0.2) is 0 Å². The Labute approximate surface area is 149 Å². The van der Waals surface area contributed by atoms with Crippen LogP contribution in [0.15, 0.2) is 30.3 Å². The molecule has 136 valence electrons. The molecule has 4 rings (SSSR count). The van der Waals surface area contributed by atoms with Crippen molar-refractivity contribution in [1.82, 2.24) is 9.80 Å². The maximum Gasteiger partial charge on any atom is 0.248 e. The summed E-state index contributed by atoms with van der Waals surface area (Å²) in [5.41, 5.74) is 1.01. The molecule has 4 atom stereocenters. The fourth-order valence-electron chi connectivity index (χ4n) is 4.97. The quantitative estimate of drug-likeness (QED) is 0.789. The molecular formula is C20H28N2O3. The van der Waals surface area contributed by atoms with Gasteiger partial charge in [-0.1, -0.05) is 30.3 Å². The van der Waals surface area contributed by atoms with Gasteiger partial charge in [-0.15, -0.1) is 0 Å². The maximum atomic E-state index is 12.6. The summed E-state index contributed by atoms with van der Waals surface area (Å²) in [4.78, 5) is 16.8. The van der Waals surface area contributed by atoms with Crippen LogP contribution in [0.2, 0.25) is 0 Å². The van der Waals surface area contributed by atoms with Gasteiger partial charge in [-0.05, 0) is 32.5 Å². The van der Waals surface area contributed by atoms with Crippen molar-refractivity contribution in [2.75, 3.05) is 40.3 Å². The third-order valence-electron chi connectivity index (χ3n) is 6.05. The molecule has 3 fully saturated rings. The van der Waals surface area contributed by atoms with Crippen molar-refractivity contribution >= 4 is 5.91 Å². The van der Waals surface area contributed by atoms with Crippen molar-refractivity contribution in [3.05, 3.63) is 35.9 Å². The molecule has 0 N–H and O–H groups in total. The summed E-state index contributed by atoms with van der Waals surface area (Å²) in [7, 11) is 4.24. The van der Waals surface area contributed by atoms with E-state index in [1.807, 2.05) is 35.2 Å². The second-order valence-corrected chi connectivity index (χ2v) is 8.05. The number of hydrogen-bond acceptors (Lipinski definition) is 4. The van der Waals surface area contributed by atoms with Crippen molar-refractivity contribution in [2.45, 2.75) is 31.2 Å². The summed E-state index contributed by atoms with van der Waals surface area (Å²) < 4.78 is 12.0. The average molecular weight is 344 g/mol. The van der Waals surface area contributed by atoms with Gasteiger partial charge in [0.2, 0.25) is 5.91 Å². The summed E-state index contributed by atoms with van der Waals surface area (Å²) in [5.74, 6) is 1.12. The van der Waals surface area contributed by atoms with Crippen LogP contribution in [-0.2, 0) is 20.9 Å². The zero-order valence-electron chi connectivity index (χ0n) is 15.2. The Kier molecular flexibility index (Phi) is 4.56. The van der Waals surface area contributed by atoms with Crippen LogP contribution in [-0.4, -0.2) is 67.7 Å². The molecule has 1 aromatic carbocycles. The van der Waals surface area contributed by atoms with Crippen LogP contribution in [0.4, 0.5) is 0 Å². The minimum atomic E-state index is -0.0829. The number of carbonyl (C=O) groups is 1. The molecule has 0 aromatic heterocycles. The van der Waals surface area contributed by atoms with E-state index in [0.717, 1.165) is 38.0 Å². The maximum absolute atomic E-state index is 12.6. The number of ether oxygens (including phenoxy) is 2. The summed E-state index contributed by atoms with van der Waals surface area (Å²) in [5, 5.41) is 0. The molecule has 5 heteroatoms. The van der Waals surface area contributed by atoms with Gasteiger partial charge >= 0.3 is 0 Å². The van der Waals surface area contributed by atoms with E-state index in [4.69, 9.17) is 9.47 Å². The minimum absolute atomic E-state index is 0.0829. The average Bonchev–Trinajstić information content (AvgIpc) is 3.25. The number of likely N-dealkylation sites (tertiary alicyclic amines) is 1. The molecule has 3 heterocycles. The Morgan fingerprint density at radius 3 is 2.92 bits per heavy atom. The van der Waals surface area contributed by atoms with E-state index >= 15 is 0 Å². The van der Waals surface area contributed by atoms with Crippen LogP contribution in [0.5, 0.6) is 0 Å². The highest BCUT2D eigenvalue weighted by Gasteiger charge is 2.63. The van der Waals surface area contributed by atoms with E-state index in [-0.39, 0.29) is 18.1 Å². The molecule has 0 radical (unpaired) electrons. The van der Waals surface area contributed by atoms with Gasteiger partial charge in [0.05, 0.1) is 24.9 Å². The van der Waals surface area contributed by atoms with Crippen molar-refractivity contribution in [2.24, 2.45) is 11.8 Å². The summed E-state index contributed by atoms with van der Waals surface area (Å²) in [6.07, 6.45) is 2.63. The van der Waals surface area contributed by atoms with Gasteiger partial charge in [0.25, 0.3) is 0 Å². The molecule has 0 unspecified atom stereocenters.